The zero-order valence-electron chi connectivity index (χ0n) is 22.0. The van der Waals surface area contributed by atoms with Gasteiger partial charge in [-0.25, -0.2) is 4.79 Å². The second-order valence-electron chi connectivity index (χ2n) is 9.37. The van der Waals surface area contributed by atoms with Gasteiger partial charge in [-0.1, -0.05) is 28.4 Å². The van der Waals surface area contributed by atoms with Gasteiger partial charge in [0.1, 0.15) is 12.3 Å². The summed E-state index contributed by atoms with van der Waals surface area (Å²) in [6.07, 6.45) is -3.52. The van der Waals surface area contributed by atoms with Crippen LogP contribution in [0, 0.1) is 12.8 Å². The average Bonchev–Trinajstić information content (AvgIpc) is 3.49. The monoisotopic (exact) mass is 654 g/mol. The summed E-state index contributed by atoms with van der Waals surface area (Å²) in [6, 6.07) is 1.31. The number of methoxy groups -OCH3 is 1. The number of hydrogen-bond donors (Lipinski definition) is 4. The fourth-order valence-electron chi connectivity index (χ4n) is 4.21. The summed E-state index contributed by atoms with van der Waals surface area (Å²) in [7, 11) is -3.63. The summed E-state index contributed by atoms with van der Waals surface area (Å²) in [5.74, 6) is -1.16. The van der Waals surface area contributed by atoms with Gasteiger partial charge in [-0.15, -0.1) is 0 Å². The molecule has 1 aromatic carbocycles. The lowest BCUT2D eigenvalue weighted by Gasteiger charge is -2.26. The maximum Gasteiger partial charge on any atom is 0.330 e. The summed E-state index contributed by atoms with van der Waals surface area (Å²) < 4.78 is 38.9. The van der Waals surface area contributed by atoms with Crippen LogP contribution in [0.1, 0.15) is 30.2 Å². The number of aliphatic hydroxyl groups excluding tert-OH is 2. The molecule has 4 N–H and O–H groups in total. The average molecular weight is 655 g/mol. The van der Waals surface area contributed by atoms with Crippen LogP contribution in [0.4, 0.5) is 0 Å². The highest BCUT2D eigenvalue weighted by atomic mass is 35.5. The molecule has 19 heteroatoms. The van der Waals surface area contributed by atoms with E-state index >= 15 is 0 Å². The Morgan fingerprint density at radius 3 is 2.62 bits per heavy atom. The molecule has 2 saturated heterocycles. The zero-order valence-corrected chi connectivity index (χ0v) is 24.5. The van der Waals surface area contributed by atoms with Crippen LogP contribution in [0.3, 0.4) is 0 Å². The van der Waals surface area contributed by atoms with Crippen LogP contribution in [-0.4, -0.2) is 76.2 Å². The van der Waals surface area contributed by atoms with Crippen LogP contribution >= 0.6 is 31.0 Å². The lowest BCUT2D eigenvalue weighted by molar-refractivity contribution is -0.231. The van der Waals surface area contributed by atoms with Crippen LogP contribution in [0.2, 0.25) is 10.0 Å². The number of benzene rings is 1. The standard InChI is InChI=1S/C23H28Cl2N3O13P/c1-10-7-28(23(33)27-21(10)31)17-5-14(41-26-6-12-13(24)4-15(36-2)20(30)19(12)25)16(39-17)9-38-42(34,35)37-8-11-3-18(29)40-22(11)32/h4,6-7,11,14,16-18,22,29-30,32H,3,5,8-9H2,1-2H3,(H,34,35)(H,27,31,33)/p-1/b26-6+/t11-,14+,16+,17+,18+,22-/m0/s1. The molecule has 3 heterocycles. The van der Waals surface area contributed by atoms with E-state index in [1.165, 1.54) is 26.3 Å². The Labute approximate surface area is 247 Å². The molecule has 4 rings (SSSR count). The van der Waals surface area contributed by atoms with Crippen molar-refractivity contribution in [2.75, 3.05) is 20.3 Å². The third-order valence-corrected chi connectivity index (χ3v) is 8.10. The van der Waals surface area contributed by atoms with Gasteiger partial charge in [0.15, 0.2) is 30.2 Å². The Balaban J connectivity index is 1.49. The highest BCUT2D eigenvalue weighted by Gasteiger charge is 2.40. The zero-order chi connectivity index (χ0) is 30.8. The molecule has 2 aliphatic rings. The minimum absolute atomic E-state index is 0.0318. The molecule has 0 bridgehead atoms. The van der Waals surface area contributed by atoms with Gasteiger partial charge < -0.3 is 48.3 Å². The van der Waals surface area contributed by atoms with E-state index in [0.29, 0.717) is 0 Å². The quantitative estimate of drug-likeness (QED) is 0.149. The largest absolute Gasteiger partial charge is 0.756 e. The van der Waals surface area contributed by atoms with Gasteiger partial charge in [-0.2, -0.15) is 0 Å². The number of phenolic OH excluding ortho intramolecular Hbond substituents is 1. The molecule has 2 aliphatic heterocycles. The fourth-order valence-corrected chi connectivity index (χ4v) is 5.52. The van der Waals surface area contributed by atoms with Crippen LogP contribution in [0.15, 0.2) is 27.0 Å². The van der Waals surface area contributed by atoms with Crippen molar-refractivity contribution < 1.29 is 52.9 Å². The number of oxime groups is 1. The van der Waals surface area contributed by atoms with Crippen LogP contribution in [0.5, 0.6) is 11.5 Å². The number of phosphoric ester groups is 1. The van der Waals surface area contributed by atoms with Gasteiger partial charge in [-0.3, -0.25) is 18.9 Å². The second-order valence-corrected chi connectivity index (χ2v) is 11.6. The molecule has 0 aliphatic carbocycles. The van der Waals surface area contributed by atoms with Crippen molar-refractivity contribution in [2.24, 2.45) is 11.1 Å². The van der Waals surface area contributed by atoms with Gasteiger partial charge in [-0.05, 0) is 6.92 Å². The van der Waals surface area contributed by atoms with Crippen molar-refractivity contribution in [1.82, 2.24) is 9.55 Å². The Kier molecular flexibility index (Phi) is 10.4. The maximum atomic E-state index is 12.4. The lowest BCUT2D eigenvalue weighted by Crippen LogP contribution is -2.33. The molecule has 0 saturated carbocycles. The van der Waals surface area contributed by atoms with E-state index in [9.17, 15) is 34.4 Å². The first kappa shape index (κ1) is 32.4. The SMILES string of the molecule is COc1cc(Cl)c(/C=N/O[C@@H]2C[C@H](n3cc(C)c(=O)[nH]c3=O)O[C@@H]2COP(=O)([O-])OC[C@@H]2C[C@H](O)O[C@@H]2O)c(Cl)c1O. The topological polar surface area (TPSA) is 223 Å². The smallest absolute Gasteiger partial charge is 0.330 e. The number of ether oxygens (including phenoxy) is 3. The van der Waals surface area contributed by atoms with Crippen molar-refractivity contribution in [3.8, 4) is 11.5 Å². The third kappa shape index (κ3) is 7.52. The van der Waals surface area contributed by atoms with Gasteiger partial charge in [0.25, 0.3) is 13.4 Å². The number of phosphoric acid groups is 1. The van der Waals surface area contributed by atoms with E-state index in [4.69, 9.17) is 51.3 Å². The van der Waals surface area contributed by atoms with Crippen LogP contribution in [-0.2, 0) is 27.9 Å². The minimum atomic E-state index is -4.95. The van der Waals surface area contributed by atoms with Crippen molar-refractivity contribution in [3.05, 3.63) is 54.3 Å². The van der Waals surface area contributed by atoms with E-state index < -0.39 is 69.2 Å². The number of halogens is 2. The Morgan fingerprint density at radius 2 is 1.95 bits per heavy atom. The van der Waals surface area contributed by atoms with Gasteiger partial charge in [0.2, 0.25) is 0 Å². The number of aliphatic hydroxyl groups is 2. The molecule has 2 fully saturated rings. The van der Waals surface area contributed by atoms with Crippen molar-refractivity contribution in [2.45, 2.75) is 50.8 Å². The van der Waals surface area contributed by atoms with Gasteiger partial charge in [0.05, 0.1) is 36.6 Å². The highest BCUT2D eigenvalue weighted by Crippen LogP contribution is 2.42. The molecule has 0 spiro atoms. The first-order valence-corrected chi connectivity index (χ1v) is 14.5. The Hall–Kier alpha value is -2.50. The lowest BCUT2D eigenvalue weighted by atomic mass is 10.1. The fraction of sp³-hybridized carbons (Fsp3) is 0.522. The number of aromatic amines is 1. The van der Waals surface area contributed by atoms with Gasteiger partial charge in [0, 0.05) is 42.1 Å². The molecular weight excluding hydrogens is 628 g/mol. The van der Waals surface area contributed by atoms with E-state index in [-0.39, 0.29) is 45.5 Å². The molecule has 7 atom stereocenters. The van der Waals surface area contributed by atoms with E-state index in [2.05, 4.69) is 10.1 Å². The minimum Gasteiger partial charge on any atom is -0.756 e. The predicted octanol–water partition coefficient (Wildman–Crippen LogP) is 0.748. The number of phenols is 1. The summed E-state index contributed by atoms with van der Waals surface area (Å²) >= 11 is 12.4. The summed E-state index contributed by atoms with van der Waals surface area (Å²) in [5.41, 5.74) is -1.05. The molecule has 0 radical (unpaired) electrons. The molecule has 16 nitrogen and oxygen atoms in total. The molecule has 0 amide bonds. The molecule has 1 aromatic heterocycles. The van der Waals surface area contributed by atoms with E-state index in [1.807, 2.05) is 0 Å². The maximum absolute atomic E-state index is 12.4. The number of rotatable bonds is 11. The Bertz CT molecular complexity index is 1480. The predicted molar refractivity (Wildman–Crippen MR) is 142 cm³/mol. The number of nitrogens with zero attached hydrogens (tertiary/aromatic N) is 2. The number of aryl methyl sites for hydroxylation is 1. The van der Waals surface area contributed by atoms with E-state index in [0.717, 1.165) is 10.8 Å². The van der Waals surface area contributed by atoms with E-state index in [1.54, 1.807) is 0 Å². The normalized spacial score (nSPS) is 27.4. The van der Waals surface area contributed by atoms with Crippen molar-refractivity contribution >= 4 is 37.2 Å². The van der Waals surface area contributed by atoms with Gasteiger partial charge >= 0.3 is 5.69 Å². The first-order chi connectivity index (χ1) is 19.8. The number of aromatic hydroxyl groups is 1. The van der Waals surface area contributed by atoms with Crippen LogP contribution in [0.25, 0.3) is 0 Å². The summed E-state index contributed by atoms with van der Waals surface area (Å²) in [5, 5.41) is 33.0. The number of aromatic nitrogens is 2. The second kappa shape index (κ2) is 13.4. The molecule has 232 valence electrons. The third-order valence-electron chi connectivity index (χ3n) is 6.48. The number of nitrogens with one attached hydrogen (secondary N) is 1. The highest BCUT2D eigenvalue weighted by molar-refractivity contribution is 7.45. The molecule has 42 heavy (non-hydrogen) atoms. The summed E-state index contributed by atoms with van der Waals surface area (Å²) in [4.78, 5) is 44.3. The summed E-state index contributed by atoms with van der Waals surface area (Å²) in [6.45, 7) is 0.335. The number of hydrogen-bond acceptors (Lipinski definition) is 14. The van der Waals surface area contributed by atoms with Crippen molar-refractivity contribution in [3.63, 3.8) is 0 Å². The Morgan fingerprint density at radius 1 is 1.24 bits per heavy atom. The van der Waals surface area contributed by atoms with Crippen molar-refractivity contribution in [1.29, 1.82) is 0 Å². The van der Waals surface area contributed by atoms with Crippen LogP contribution < -0.4 is 20.9 Å². The molecule has 1 unspecified atom stereocenters. The molecular formula is C23H27Cl2N3O13P-. The molecule has 2 aromatic rings. The first-order valence-electron chi connectivity index (χ1n) is 12.3. The number of H-pyrrole nitrogens is 1.